The molecule has 1 aromatic carbocycles. The summed E-state index contributed by atoms with van der Waals surface area (Å²) in [5.74, 6) is -0.373. The fraction of sp³-hybridized carbons (Fsp3) is 0.0833. The molecule has 18 heavy (non-hydrogen) atoms. The van der Waals surface area contributed by atoms with E-state index >= 15 is 0 Å². The topological polar surface area (TPSA) is 83.8 Å². The molecule has 2 aromatic heterocycles. The van der Waals surface area contributed by atoms with E-state index in [1.54, 1.807) is 36.1 Å². The molecule has 2 heterocycles. The monoisotopic (exact) mass is 242 g/mol. The SMILES string of the molecule is Cn1nccc1-c1nc2c(C(=O)O)cccc2[nH]1. The van der Waals surface area contributed by atoms with Crippen molar-refractivity contribution >= 4 is 17.0 Å². The van der Waals surface area contributed by atoms with Gasteiger partial charge in [-0.05, 0) is 18.2 Å². The highest BCUT2D eigenvalue weighted by Crippen LogP contribution is 2.22. The number of aromatic nitrogens is 4. The van der Waals surface area contributed by atoms with Gasteiger partial charge in [-0.15, -0.1) is 0 Å². The predicted molar refractivity (Wildman–Crippen MR) is 65.3 cm³/mol. The van der Waals surface area contributed by atoms with Crippen LogP contribution < -0.4 is 0 Å². The average Bonchev–Trinajstić information content (AvgIpc) is 2.92. The molecule has 0 fully saturated rings. The van der Waals surface area contributed by atoms with E-state index in [2.05, 4.69) is 15.1 Å². The number of aromatic carboxylic acids is 1. The maximum absolute atomic E-state index is 11.1. The van der Waals surface area contributed by atoms with E-state index in [1.807, 2.05) is 6.07 Å². The zero-order valence-corrected chi connectivity index (χ0v) is 9.58. The van der Waals surface area contributed by atoms with Gasteiger partial charge in [0.2, 0.25) is 0 Å². The van der Waals surface area contributed by atoms with E-state index in [1.165, 1.54) is 0 Å². The Morgan fingerprint density at radius 3 is 2.89 bits per heavy atom. The Hall–Kier alpha value is -2.63. The molecular weight excluding hydrogens is 232 g/mol. The number of aromatic amines is 1. The summed E-state index contributed by atoms with van der Waals surface area (Å²) in [6.45, 7) is 0. The molecule has 0 unspecified atom stereocenters. The van der Waals surface area contributed by atoms with Gasteiger partial charge < -0.3 is 10.1 Å². The summed E-state index contributed by atoms with van der Waals surface area (Å²) in [4.78, 5) is 18.5. The molecule has 3 rings (SSSR count). The first-order chi connectivity index (χ1) is 8.66. The molecule has 0 bridgehead atoms. The number of rotatable bonds is 2. The summed E-state index contributed by atoms with van der Waals surface area (Å²) >= 11 is 0. The van der Waals surface area contributed by atoms with E-state index in [-0.39, 0.29) is 5.56 Å². The Bertz CT molecular complexity index is 741. The van der Waals surface area contributed by atoms with Crippen LogP contribution in [0.1, 0.15) is 10.4 Å². The van der Waals surface area contributed by atoms with Crippen LogP contribution in [0.5, 0.6) is 0 Å². The van der Waals surface area contributed by atoms with Gasteiger partial charge in [-0.2, -0.15) is 5.10 Å². The maximum atomic E-state index is 11.1. The van der Waals surface area contributed by atoms with E-state index in [9.17, 15) is 4.79 Å². The highest BCUT2D eigenvalue weighted by atomic mass is 16.4. The summed E-state index contributed by atoms with van der Waals surface area (Å²) < 4.78 is 1.68. The fourth-order valence-electron chi connectivity index (χ4n) is 1.93. The summed E-state index contributed by atoms with van der Waals surface area (Å²) in [6, 6.07) is 6.85. The van der Waals surface area contributed by atoms with Gasteiger partial charge in [0, 0.05) is 13.2 Å². The second-order valence-electron chi connectivity index (χ2n) is 3.93. The number of nitrogens with one attached hydrogen (secondary N) is 1. The summed E-state index contributed by atoms with van der Waals surface area (Å²) in [7, 11) is 1.81. The highest BCUT2D eigenvalue weighted by molar-refractivity contribution is 6.01. The quantitative estimate of drug-likeness (QED) is 0.715. The number of benzene rings is 1. The van der Waals surface area contributed by atoms with Crippen molar-refractivity contribution in [3.05, 3.63) is 36.0 Å². The molecule has 0 aliphatic carbocycles. The largest absolute Gasteiger partial charge is 0.478 e. The Labute approximate surface area is 102 Å². The Kier molecular flexibility index (Phi) is 2.16. The number of para-hydroxylation sites is 1. The molecule has 3 aromatic rings. The molecule has 0 amide bonds. The van der Waals surface area contributed by atoms with Gasteiger partial charge in [-0.1, -0.05) is 6.07 Å². The lowest BCUT2D eigenvalue weighted by atomic mass is 10.2. The fourth-order valence-corrected chi connectivity index (χ4v) is 1.93. The second-order valence-corrected chi connectivity index (χ2v) is 3.93. The molecular formula is C12H10N4O2. The van der Waals surface area contributed by atoms with Crippen LogP contribution >= 0.6 is 0 Å². The van der Waals surface area contributed by atoms with Crippen molar-refractivity contribution in [1.82, 2.24) is 19.7 Å². The van der Waals surface area contributed by atoms with Gasteiger partial charge in [-0.3, -0.25) is 4.68 Å². The number of aryl methyl sites for hydroxylation is 1. The van der Waals surface area contributed by atoms with Crippen molar-refractivity contribution in [3.8, 4) is 11.5 Å². The number of fused-ring (bicyclic) bond motifs is 1. The van der Waals surface area contributed by atoms with Crippen molar-refractivity contribution < 1.29 is 9.90 Å². The zero-order valence-electron chi connectivity index (χ0n) is 9.58. The first-order valence-corrected chi connectivity index (χ1v) is 5.37. The third-order valence-corrected chi connectivity index (χ3v) is 2.81. The lowest BCUT2D eigenvalue weighted by Gasteiger charge is -1.95. The van der Waals surface area contributed by atoms with Crippen LogP contribution in [0.25, 0.3) is 22.6 Å². The summed E-state index contributed by atoms with van der Waals surface area (Å²) in [6.07, 6.45) is 1.67. The first-order valence-electron chi connectivity index (χ1n) is 5.37. The molecule has 0 aliphatic heterocycles. The van der Waals surface area contributed by atoms with E-state index in [0.717, 1.165) is 5.69 Å². The van der Waals surface area contributed by atoms with Crippen LogP contribution in [0.15, 0.2) is 30.5 Å². The number of carboxylic acids is 1. The zero-order chi connectivity index (χ0) is 12.7. The Balaban J connectivity index is 2.26. The van der Waals surface area contributed by atoms with E-state index in [4.69, 9.17) is 5.11 Å². The molecule has 0 saturated heterocycles. The standard InChI is InChI=1S/C12H10N4O2/c1-16-9(5-6-13-16)11-14-8-4-2-3-7(12(17)18)10(8)15-11/h2-6H,1H3,(H,14,15)(H,17,18). The molecule has 6 nitrogen and oxygen atoms in total. The highest BCUT2D eigenvalue weighted by Gasteiger charge is 2.14. The van der Waals surface area contributed by atoms with Crippen LogP contribution in [0.2, 0.25) is 0 Å². The molecule has 6 heteroatoms. The number of carboxylic acid groups (broad SMARTS) is 1. The number of hydrogen-bond donors (Lipinski definition) is 2. The van der Waals surface area contributed by atoms with Crippen molar-refractivity contribution in [2.45, 2.75) is 0 Å². The molecule has 2 N–H and O–H groups in total. The Morgan fingerprint density at radius 2 is 2.22 bits per heavy atom. The van der Waals surface area contributed by atoms with Gasteiger partial charge >= 0.3 is 5.97 Å². The van der Waals surface area contributed by atoms with Crippen LogP contribution in [0.3, 0.4) is 0 Å². The molecule has 0 spiro atoms. The van der Waals surface area contributed by atoms with Gasteiger partial charge in [0.1, 0.15) is 11.2 Å². The van der Waals surface area contributed by atoms with Crippen LogP contribution in [0.4, 0.5) is 0 Å². The number of imidazole rings is 1. The van der Waals surface area contributed by atoms with Gasteiger partial charge in [-0.25, -0.2) is 9.78 Å². The summed E-state index contributed by atoms with van der Waals surface area (Å²) in [5.41, 5.74) is 2.16. The van der Waals surface area contributed by atoms with Crippen LogP contribution in [-0.2, 0) is 7.05 Å². The van der Waals surface area contributed by atoms with E-state index < -0.39 is 5.97 Å². The lowest BCUT2D eigenvalue weighted by molar-refractivity contribution is 0.0699. The third-order valence-electron chi connectivity index (χ3n) is 2.81. The average molecular weight is 242 g/mol. The molecule has 0 atom stereocenters. The number of H-pyrrole nitrogens is 1. The minimum atomic E-state index is -0.983. The second kappa shape index (κ2) is 3.69. The van der Waals surface area contributed by atoms with Crippen LogP contribution in [0, 0.1) is 0 Å². The molecule has 0 radical (unpaired) electrons. The smallest absolute Gasteiger partial charge is 0.337 e. The number of nitrogens with zero attached hydrogens (tertiary/aromatic N) is 3. The summed E-state index contributed by atoms with van der Waals surface area (Å²) in [5, 5.41) is 13.2. The van der Waals surface area contributed by atoms with Crippen molar-refractivity contribution in [1.29, 1.82) is 0 Å². The van der Waals surface area contributed by atoms with Crippen molar-refractivity contribution in [3.63, 3.8) is 0 Å². The first kappa shape index (κ1) is 10.5. The molecule has 90 valence electrons. The molecule has 0 aliphatic rings. The number of hydrogen-bond acceptors (Lipinski definition) is 3. The number of carbonyl (C=O) groups is 1. The Morgan fingerprint density at radius 1 is 1.39 bits per heavy atom. The third kappa shape index (κ3) is 1.46. The van der Waals surface area contributed by atoms with Gasteiger partial charge in [0.05, 0.1) is 11.1 Å². The van der Waals surface area contributed by atoms with Crippen LogP contribution in [-0.4, -0.2) is 30.8 Å². The van der Waals surface area contributed by atoms with Crippen molar-refractivity contribution in [2.75, 3.05) is 0 Å². The minimum Gasteiger partial charge on any atom is -0.478 e. The van der Waals surface area contributed by atoms with Crippen molar-refractivity contribution in [2.24, 2.45) is 7.05 Å². The maximum Gasteiger partial charge on any atom is 0.337 e. The minimum absolute atomic E-state index is 0.192. The van der Waals surface area contributed by atoms with Gasteiger partial charge in [0.15, 0.2) is 5.82 Å². The van der Waals surface area contributed by atoms with Gasteiger partial charge in [0.25, 0.3) is 0 Å². The normalized spacial score (nSPS) is 10.9. The van der Waals surface area contributed by atoms with E-state index in [0.29, 0.717) is 16.9 Å². The lowest BCUT2D eigenvalue weighted by Crippen LogP contribution is -1.97. The predicted octanol–water partition coefficient (Wildman–Crippen LogP) is 1.66. The molecule has 0 saturated carbocycles.